The van der Waals surface area contributed by atoms with Crippen LogP contribution in [0.1, 0.15) is 11.7 Å². The number of anilines is 3. The average molecular weight is 638 g/mol. The Hall–Kier alpha value is -6.58. The van der Waals surface area contributed by atoms with E-state index in [1.807, 2.05) is 0 Å². The molecule has 1 aliphatic rings. The van der Waals surface area contributed by atoms with E-state index in [1.54, 1.807) is 0 Å². The van der Waals surface area contributed by atoms with Crippen LogP contribution in [0.4, 0.5) is 17.1 Å². The van der Waals surface area contributed by atoms with Gasteiger partial charge in [-0.15, -0.1) is 0 Å². The second-order valence-corrected chi connectivity index (χ2v) is 13.4. The van der Waals surface area contributed by atoms with Crippen molar-refractivity contribution in [3.05, 3.63) is 181 Å². The van der Waals surface area contributed by atoms with Crippen LogP contribution in [0, 0.1) is 0 Å². The van der Waals surface area contributed by atoms with E-state index >= 15 is 0 Å². The number of rotatable bonds is 3. The van der Waals surface area contributed by atoms with E-state index in [4.69, 9.17) is 0 Å². The van der Waals surface area contributed by atoms with E-state index in [9.17, 15) is 0 Å². The molecule has 0 amide bonds. The number of aromatic nitrogens is 1. The summed E-state index contributed by atoms with van der Waals surface area (Å²) in [5, 5.41) is 16.5. The second kappa shape index (κ2) is 10.5. The van der Waals surface area contributed by atoms with Crippen LogP contribution in [-0.2, 0) is 0 Å². The van der Waals surface area contributed by atoms with E-state index in [1.165, 1.54) is 76.1 Å². The molecule has 0 radical (unpaired) electrons. The number of nitrogens with one attached hydrogen (secondary N) is 1. The van der Waals surface area contributed by atoms with Crippen LogP contribution in [0.15, 0.2) is 176 Å². The Morgan fingerprint density at radius 2 is 0.940 bits per heavy atom. The standard InChI is InChI=1S/C47H31N3/c1-3-13-34(14-4-1)47-48-40-26-22-33-20-19-32-21-25-36(29-39(32)43(33)46(40)50(47)35-15-5-2-6-16-35)49-41-27-23-30-11-7-9-17-37(30)44(41)45-38-18-10-8-12-31(38)24-28-42(45)49/h1-29,47-48H. The first kappa shape index (κ1) is 27.4. The van der Waals surface area contributed by atoms with Gasteiger partial charge in [-0.3, -0.25) is 0 Å². The predicted octanol–water partition coefficient (Wildman–Crippen LogP) is 12.7. The monoisotopic (exact) mass is 637 g/mol. The smallest absolute Gasteiger partial charge is 0.130 e. The molecule has 0 bridgehead atoms. The number of hydrogen-bond acceptors (Lipinski definition) is 2. The van der Waals surface area contributed by atoms with Crippen LogP contribution < -0.4 is 10.2 Å². The highest BCUT2D eigenvalue weighted by atomic mass is 15.3. The average Bonchev–Trinajstić information content (AvgIpc) is 3.75. The topological polar surface area (TPSA) is 20.2 Å². The minimum absolute atomic E-state index is 0.0310. The summed E-state index contributed by atoms with van der Waals surface area (Å²) < 4.78 is 2.48. The molecule has 11 rings (SSSR count). The first-order chi connectivity index (χ1) is 24.8. The van der Waals surface area contributed by atoms with Crippen molar-refractivity contribution in [1.29, 1.82) is 0 Å². The van der Waals surface area contributed by atoms with Gasteiger partial charge in [-0.25, -0.2) is 0 Å². The van der Waals surface area contributed by atoms with Crippen LogP contribution in [0.5, 0.6) is 0 Å². The molecule has 10 aromatic rings. The summed E-state index contributed by atoms with van der Waals surface area (Å²) in [7, 11) is 0. The summed E-state index contributed by atoms with van der Waals surface area (Å²) in [4.78, 5) is 2.48. The van der Waals surface area contributed by atoms with Gasteiger partial charge >= 0.3 is 0 Å². The van der Waals surface area contributed by atoms with Gasteiger partial charge in [0, 0.05) is 27.5 Å². The quantitative estimate of drug-likeness (QED) is 0.195. The molecule has 2 heterocycles. The third kappa shape index (κ3) is 3.86. The van der Waals surface area contributed by atoms with Gasteiger partial charge in [0.2, 0.25) is 0 Å². The maximum absolute atomic E-state index is 3.90. The van der Waals surface area contributed by atoms with Gasteiger partial charge in [-0.05, 0) is 85.7 Å². The Balaban J connectivity index is 1.23. The molecule has 1 aromatic heterocycles. The van der Waals surface area contributed by atoms with Crippen molar-refractivity contribution < 1.29 is 0 Å². The molecule has 0 saturated carbocycles. The Labute approximate surface area is 289 Å². The van der Waals surface area contributed by atoms with Gasteiger partial charge < -0.3 is 14.8 Å². The van der Waals surface area contributed by atoms with Gasteiger partial charge in [0.05, 0.1) is 22.4 Å². The molecule has 0 fully saturated rings. The fourth-order valence-corrected chi connectivity index (χ4v) is 8.52. The van der Waals surface area contributed by atoms with Crippen molar-refractivity contribution in [3.63, 3.8) is 0 Å². The molecule has 1 aliphatic heterocycles. The van der Waals surface area contributed by atoms with Crippen molar-refractivity contribution in [3.8, 4) is 5.69 Å². The lowest BCUT2D eigenvalue weighted by molar-refractivity contribution is 0.830. The Kier molecular flexibility index (Phi) is 5.73. The van der Waals surface area contributed by atoms with E-state index in [2.05, 4.69) is 191 Å². The molecule has 0 aliphatic carbocycles. The molecule has 3 heteroatoms. The fourth-order valence-electron chi connectivity index (χ4n) is 8.52. The van der Waals surface area contributed by atoms with Gasteiger partial charge in [0.25, 0.3) is 0 Å². The normalized spacial score (nSPS) is 14.3. The molecular formula is C47H31N3. The third-order valence-corrected chi connectivity index (χ3v) is 10.7. The Bertz CT molecular complexity index is 2870. The number of para-hydroxylation sites is 1. The first-order valence-corrected chi connectivity index (χ1v) is 17.3. The minimum Gasteiger partial charge on any atom is -0.359 e. The first-order valence-electron chi connectivity index (χ1n) is 17.3. The molecule has 1 unspecified atom stereocenters. The van der Waals surface area contributed by atoms with Crippen LogP contribution >= 0.6 is 0 Å². The highest BCUT2D eigenvalue weighted by Gasteiger charge is 2.33. The van der Waals surface area contributed by atoms with Gasteiger partial charge in [0.1, 0.15) is 6.17 Å². The highest BCUT2D eigenvalue weighted by Crippen LogP contribution is 2.51. The molecular weight excluding hydrogens is 607 g/mol. The zero-order chi connectivity index (χ0) is 32.8. The number of nitrogens with zero attached hydrogens (tertiary/aromatic N) is 2. The largest absolute Gasteiger partial charge is 0.359 e. The lowest BCUT2D eigenvalue weighted by Gasteiger charge is -2.28. The SMILES string of the molecule is c1ccc(C2Nc3ccc4ccc5ccc(-n6c7ccc8ccccc8c7c7c8ccccc8ccc76)cc5c4c3N2c2ccccc2)cc1. The second-order valence-electron chi connectivity index (χ2n) is 13.4. The molecule has 1 atom stereocenters. The molecule has 234 valence electrons. The minimum atomic E-state index is -0.0310. The summed E-state index contributed by atoms with van der Waals surface area (Å²) in [6.45, 7) is 0. The molecule has 9 aromatic carbocycles. The van der Waals surface area contributed by atoms with Gasteiger partial charge in [-0.1, -0.05) is 133 Å². The van der Waals surface area contributed by atoms with Crippen LogP contribution in [0.2, 0.25) is 0 Å². The summed E-state index contributed by atoms with van der Waals surface area (Å²) in [5.74, 6) is 0. The highest BCUT2D eigenvalue weighted by molar-refractivity contribution is 6.28. The Morgan fingerprint density at radius 3 is 1.64 bits per heavy atom. The predicted molar refractivity (Wildman–Crippen MR) is 212 cm³/mol. The van der Waals surface area contributed by atoms with Crippen LogP contribution in [0.25, 0.3) is 70.6 Å². The molecule has 50 heavy (non-hydrogen) atoms. The number of benzene rings is 9. The molecule has 1 N–H and O–H groups in total. The summed E-state index contributed by atoms with van der Waals surface area (Å²) >= 11 is 0. The maximum atomic E-state index is 3.90. The molecule has 0 spiro atoms. The van der Waals surface area contributed by atoms with Crippen LogP contribution in [0.3, 0.4) is 0 Å². The van der Waals surface area contributed by atoms with E-state index in [0.29, 0.717) is 0 Å². The zero-order valence-corrected chi connectivity index (χ0v) is 27.2. The number of fused-ring (bicyclic) bond motifs is 12. The van der Waals surface area contributed by atoms with E-state index < -0.39 is 0 Å². The lowest BCUT2D eigenvalue weighted by Crippen LogP contribution is -2.23. The van der Waals surface area contributed by atoms with Crippen molar-refractivity contribution in [2.75, 3.05) is 10.2 Å². The van der Waals surface area contributed by atoms with E-state index in [-0.39, 0.29) is 6.17 Å². The zero-order valence-electron chi connectivity index (χ0n) is 27.2. The molecule has 0 saturated heterocycles. The van der Waals surface area contributed by atoms with Crippen LogP contribution in [-0.4, -0.2) is 4.57 Å². The maximum Gasteiger partial charge on any atom is 0.130 e. The van der Waals surface area contributed by atoms with Gasteiger partial charge in [0.15, 0.2) is 0 Å². The van der Waals surface area contributed by atoms with E-state index in [0.717, 1.165) is 17.1 Å². The summed E-state index contributed by atoms with van der Waals surface area (Å²) in [6, 6.07) is 64.4. The summed E-state index contributed by atoms with van der Waals surface area (Å²) in [5.41, 5.74) is 8.34. The lowest BCUT2D eigenvalue weighted by atomic mass is 9.98. The van der Waals surface area contributed by atoms with Crippen molar-refractivity contribution in [1.82, 2.24) is 4.57 Å². The summed E-state index contributed by atoms with van der Waals surface area (Å²) in [6.07, 6.45) is -0.0310. The number of hydrogen-bond donors (Lipinski definition) is 1. The van der Waals surface area contributed by atoms with Crippen molar-refractivity contribution >= 4 is 82.0 Å². The fraction of sp³-hybridized carbons (Fsp3) is 0.0213. The molecule has 3 nitrogen and oxygen atoms in total. The third-order valence-electron chi connectivity index (χ3n) is 10.7. The van der Waals surface area contributed by atoms with Crippen molar-refractivity contribution in [2.24, 2.45) is 0 Å². The Morgan fingerprint density at radius 1 is 0.400 bits per heavy atom. The van der Waals surface area contributed by atoms with Crippen molar-refractivity contribution in [2.45, 2.75) is 6.17 Å². The van der Waals surface area contributed by atoms with Gasteiger partial charge in [-0.2, -0.15) is 0 Å².